The zero-order valence-corrected chi connectivity index (χ0v) is 31.9. The second-order valence-electron chi connectivity index (χ2n) is 14.5. The summed E-state index contributed by atoms with van der Waals surface area (Å²) >= 11 is 1.88. The molecule has 0 aliphatic carbocycles. The Balaban J connectivity index is 1.05. The lowest BCUT2D eigenvalue weighted by atomic mass is 10.0. The fourth-order valence-corrected chi connectivity index (χ4v) is 9.63. The van der Waals surface area contributed by atoms with E-state index in [-0.39, 0.29) is 0 Å². The molecule has 268 valence electrons. The highest BCUT2D eigenvalue weighted by molar-refractivity contribution is 7.26. The summed E-state index contributed by atoms with van der Waals surface area (Å²) in [7, 11) is 0. The summed E-state index contributed by atoms with van der Waals surface area (Å²) in [5, 5.41) is 5.12. The lowest BCUT2D eigenvalue weighted by Crippen LogP contribution is -2.09. The quantitative estimate of drug-likeness (QED) is 0.158. The van der Waals surface area contributed by atoms with Crippen LogP contribution in [0.15, 0.2) is 218 Å². The molecule has 2 heterocycles. The van der Waals surface area contributed by atoms with Crippen LogP contribution in [0.1, 0.15) is 0 Å². The molecule has 11 aromatic rings. The minimum Gasteiger partial charge on any atom is -0.311 e. The highest BCUT2D eigenvalue weighted by Gasteiger charge is 2.19. The number of thiophene rings is 1. The van der Waals surface area contributed by atoms with E-state index in [1.54, 1.807) is 0 Å². The summed E-state index contributed by atoms with van der Waals surface area (Å²) < 4.78 is 5.07. The van der Waals surface area contributed by atoms with Crippen LogP contribution in [0.5, 0.6) is 0 Å². The lowest BCUT2D eigenvalue weighted by Gasteiger charge is -2.26. The Labute approximate surface area is 335 Å². The largest absolute Gasteiger partial charge is 0.311 e. The summed E-state index contributed by atoms with van der Waals surface area (Å²) in [6, 6.07) is 79.3. The van der Waals surface area contributed by atoms with Crippen molar-refractivity contribution in [1.29, 1.82) is 0 Å². The van der Waals surface area contributed by atoms with Crippen LogP contribution in [0.2, 0.25) is 0 Å². The van der Waals surface area contributed by atoms with Crippen LogP contribution in [0, 0.1) is 0 Å². The van der Waals surface area contributed by atoms with Gasteiger partial charge in [0.1, 0.15) is 0 Å². The van der Waals surface area contributed by atoms with E-state index in [0.29, 0.717) is 0 Å². The summed E-state index contributed by atoms with van der Waals surface area (Å²) in [5.41, 5.74) is 14.2. The van der Waals surface area contributed by atoms with Gasteiger partial charge in [0, 0.05) is 43.3 Å². The smallest absolute Gasteiger partial charge is 0.0647 e. The van der Waals surface area contributed by atoms with Gasteiger partial charge in [-0.3, -0.25) is 0 Å². The molecule has 0 aliphatic rings. The van der Waals surface area contributed by atoms with E-state index in [4.69, 9.17) is 0 Å². The normalized spacial score (nSPS) is 11.5. The van der Waals surface area contributed by atoms with Gasteiger partial charge >= 0.3 is 0 Å². The minimum absolute atomic E-state index is 1.10. The second-order valence-corrected chi connectivity index (χ2v) is 15.6. The summed E-state index contributed by atoms with van der Waals surface area (Å²) in [6.45, 7) is 0. The number of hydrogen-bond donors (Lipinski definition) is 0. The SMILES string of the molecule is c1ccc(-c2ccc(N(c3ccc(-c4ccccc4)cc3)c3ccc(-c4cc(-n5c6ccccc6c6ccccc65)c5sc6ccccc6c5c4)cc3)cc2)cc1. The van der Waals surface area contributed by atoms with E-state index < -0.39 is 0 Å². The van der Waals surface area contributed by atoms with Gasteiger partial charge in [-0.05, 0) is 100 Å². The molecule has 57 heavy (non-hydrogen) atoms. The van der Waals surface area contributed by atoms with Gasteiger partial charge in [0.25, 0.3) is 0 Å². The average Bonchev–Trinajstić information content (AvgIpc) is 3.84. The molecule has 11 rings (SSSR count). The molecule has 9 aromatic carbocycles. The maximum absolute atomic E-state index is 2.47. The first-order valence-corrected chi connectivity index (χ1v) is 20.2. The summed E-state index contributed by atoms with van der Waals surface area (Å²) in [4.78, 5) is 2.35. The number of benzene rings is 9. The molecule has 0 saturated carbocycles. The molecule has 0 atom stereocenters. The Bertz CT molecular complexity index is 3060. The van der Waals surface area contributed by atoms with Crippen molar-refractivity contribution in [3.05, 3.63) is 218 Å². The Morgan fingerprint density at radius 2 is 0.719 bits per heavy atom. The molecule has 0 fully saturated rings. The van der Waals surface area contributed by atoms with Crippen molar-refractivity contribution in [3.8, 4) is 39.1 Å². The first-order valence-electron chi connectivity index (χ1n) is 19.4. The number of para-hydroxylation sites is 2. The van der Waals surface area contributed by atoms with Gasteiger partial charge in [-0.1, -0.05) is 152 Å². The zero-order chi connectivity index (χ0) is 37.7. The van der Waals surface area contributed by atoms with Crippen LogP contribution in [-0.2, 0) is 0 Å². The van der Waals surface area contributed by atoms with Gasteiger partial charge in [-0.15, -0.1) is 11.3 Å². The van der Waals surface area contributed by atoms with Crippen LogP contribution < -0.4 is 4.90 Å². The first-order chi connectivity index (χ1) is 28.3. The van der Waals surface area contributed by atoms with Crippen molar-refractivity contribution in [2.24, 2.45) is 0 Å². The molecule has 0 amide bonds. The van der Waals surface area contributed by atoms with Crippen LogP contribution >= 0.6 is 11.3 Å². The summed E-state index contributed by atoms with van der Waals surface area (Å²) in [5.74, 6) is 0. The van der Waals surface area contributed by atoms with E-state index in [1.165, 1.54) is 81.0 Å². The van der Waals surface area contributed by atoms with Crippen molar-refractivity contribution in [1.82, 2.24) is 4.57 Å². The molecule has 0 bridgehead atoms. The predicted molar refractivity (Wildman–Crippen MR) is 245 cm³/mol. The van der Waals surface area contributed by atoms with Crippen LogP contribution in [0.25, 0.3) is 81.0 Å². The van der Waals surface area contributed by atoms with Crippen LogP contribution in [-0.4, -0.2) is 4.57 Å². The molecule has 0 spiro atoms. The molecule has 0 aliphatic heterocycles. The van der Waals surface area contributed by atoms with Gasteiger partial charge in [0.05, 0.1) is 21.4 Å². The van der Waals surface area contributed by atoms with E-state index in [0.717, 1.165) is 17.1 Å². The molecule has 0 unspecified atom stereocenters. The molecule has 2 nitrogen and oxygen atoms in total. The van der Waals surface area contributed by atoms with Gasteiger partial charge in [0.2, 0.25) is 0 Å². The van der Waals surface area contributed by atoms with Crippen molar-refractivity contribution < 1.29 is 0 Å². The first kappa shape index (κ1) is 33.2. The van der Waals surface area contributed by atoms with E-state index in [1.807, 2.05) is 11.3 Å². The number of aromatic nitrogens is 1. The summed E-state index contributed by atoms with van der Waals surface area (Å²) in [6.07, 6.45) is 0. The second kappa shape index (κ2) is 13.8. The third kappa shape index (κ3) is 5.80. The number of rotatable bonds is 7. The molecular formula is C54H36N2S. The molecule has 0 N–H and O–H groups in total. The highest BCUT2D eigenvalue weighted by atomic mass is 32.1. The van der Waals surface area contributed by atoms with E-state index in [9.17, 15) is 0 Å². The van der Waals surface area contributed by atoms with Crippen molar-refractivity contribution >= 4 is 70.4 Å². The molecular weight excluding hydrogens is 709 g/mol. The predicted octanol–water partition coefficient (Wildman–Crippen LogP) is 15.6. The van der Waals surface area contributed by atoms with E-state index in [2.05, 4.69) is 228 Å². The van der Waals surface area contributed by atoms with Crippen LogP contribution in [0.4, 0.5) is 17.1 Å². The monoisotopic (exact) mass is 744 g/mol. The third-order valence-electron chi connectivity index (χ3n) is 11.2. The maximum atomic E-state index is 2.47. The topological polar surface area (TPSA) is 8.17 Å². The minimum atomic E-state index is 1.10. The molecule has 0 radical (unpaired) electrons. The average molecular weight is 745 g/mol. The van der Waals surface area contributed by atoms with Crippen molar-refractivity contribution in [2.45, 2.75) is 0 Å². The van der Waals surface area contributed by atoms with Gasteiger partial charge in [0.15, 0.2) is 0 Å². The molecule has 3 heteroatoms. The van der Waals surface area contributed by atoms with Gasteiger partial charge in [-0.25, -0.2) is 0 Å². The fourth-order valence-electron chi connectivity index (χ4n) is 8.44. The zero-order valence-electron chi connectivity index (χ0n) is 31.1. The van der Waals surface area contributed by atoms with Gasteiger partial charge < -0.3 is 9.47 Å². The number of hydrogen-bond acceptors (Lipinski definition) is 2. The Hall–Kier alpha value is -7.20. The van der Waals surface area contributed by atoms with Gasteiger partial charge in [-0.2, -0.15) is 0 Å². The Morgan fingerprint density at radius 3 is 1.23 bits per heavy atom. The fraction of sp³-hybridized carbons (Fsp3) is 0. The highest BCUT2D eigenvalue weighted by Crippen LogP contribution is 2.44. The van der Waals surface area contributed by atoms with Crippen molar-refractivity contribution in [2.75, 3.05) is 4.90 Å². The maximum Gasteiger partial charge on any atom is 0.0647 e. The number of fused-ring (bicyclic) bond motifs is 6. The molecule has 0 saturated heterocycles. The Morgan fingerprint density at radius 1 is 0.316 bits per heavy atom. The Kier molecular flexibility index (Phi) is 8.04. The lowest BCUT2D eigenvalue weighted by molar-refractivity contribution is 1.20. The number of anilines is 3. The molecule has 2 aromatic heterocycles. The van der Waals surface area contributed by atoms with Crippen molar-refractivity contribution in [3.63, 3.8) is 0 Å². The van der Waals surface area contributed by atoms with E-state index >= 15 is 0 Å². The number of nitrogens with zero attached hydrogens (tertiary/aromatic N) is 2. The van der Waals surface area contributed by atoms with Crippen LogP contribution in [0.3, 0.4) is 0 Å². The third-order valence-corrected chi connectivity index (χ3v) is 12.4. The standard InChI is InChI=1S/C54H36N2S/c1-3-13-37(14-4-1)39-23-29-43(30-24-39)55(44-31-25-40(26-32-44)38-15-5-2-6-16-38)45-33-27-41(28-34-45)42-35-49-48-19-9-12-22-53(48)57-54(49)52(36-42)56-50-20-10-7-17-46(50)47-18-8-11-21-51(47)56/h1-36H.